The maximum absolute atomic E-state index is 10.8. The Morgan fingerprint density at radius 3 is 2.43 bits per heavy atom. The van der Waals surface area contributed by atoms with Gasteiger partial charge in [0.2, 0.25) is 0 Å². The lowest BCUT2D eigenvalue weighted by atomic mass is 10.3. The van der Waals surface area contributed by atoms with Crippen molar-refractivity contribution in [2.45, 2.75) is 0 Å². The van der Waals surface area contributed by atoms with Crippen molar-refractivity contribution in [1.29, 1.82) is 0 Å². The van der Waals surface area contributed by atoms with E-state index in [-0.39, 0.29) is 0 Å². The molecule has 1 rings (SSSR count). The van der Waals surface area contributed by atoms with Crippen LogP contribution in [-0.4, -0.2) is 23.1 Å². The molecule has 0 radical (unpaired) electrons. The zero-order valence-corrected chi connectivity index (χ0v) is 9.62. The summed E-state index contributed by atoms with van der Waals surface area (Å²) in [5.41, 5.74) is 0.626. The summed E-state index contributed by atoms with van der Waals surface area (Å²) >= 11 is 8.90. The highest BCUT2D eigenvalue weighted by atomic mass is 79.9. The molecule has 5 heteroatoms. The number of hydrogen-bond acceptors (Lipinski definition) is 1. The van der Waals surface area contributed by atoms with Crippen molar-refractivity contribution in [1.82, 2.24) is 0 Å². The van der Waals surface area contributed by atoms with Crippen LogP contribution in [0, 0.1) is 0 Å². The van der Waals surface area contributed by atoms with Gasteiger partial charge in [-0.1, -0.05) is 27.5 Å². The number of nitrogens with zero attached hydrogens (tertiary/aromatic N) is 1. The van der Waals surface area contributed by atoms with E-state index in [0.29, 0.717) is 22.6 Å². The summed E-state index contributed by atoms with van der Waals surface area (Å²) in [6.07, 6.45) is -0.966. The van der Waals surface area contributed by atoms with Gasteiger partial charge in [-0.2, -0.15) is 0 Å². The molecule has 0 heterocycles. The summed E-state index contributed by atoms with van der Waals surface area (Å²) in [6, 6.07) is 6.69. The van der Waals surface area contributed by atoms with Crippen molar-refractivity contribution in [3.8, 4) is 0 Å². The zero-order valence-electron chi connectivity index (χ0n) is 7.28. The van der Waals surface area contributed by atoms with Gasteiger partial charge in [-0.3, -0.25) is 4.90 Å². The number of rotatable bonds is 3. The van der Waals surface area contributed by atoms with Crippen LogP contribution in [0.2, 0.25) is 5.02 Å². The largest absolute Gasteiger partial charge is 0.465 e. The van der Waals surface area contributed by atoms with Crippen molar-refractivity contribution < 1.29 is 9.90 Å². The van der Waals surface area contributed by atoms with E-state index in [1.165, 1.54) is 4.90 Å². The van der Waals surface area contributed by atoms with Gasteiger partial charge in [0.1, 0.15) is 0 Å². The standard InChI is InChI=1S/C9H9BrClNO2/c10-5-6-12(9(13)14)8-3-1-7(11)2-4-8/h1-4H,5-6H2,(H,13,14). The molecule has 0 bridgehead atoms. The van der Waals surface area contributed by atoms with Crippen molar-refractivity contribution in [3.63, 3.8) is 0 Å². The molecule has 0 aliphatic carbocycles. The summed E-state index contributed by atoms with van der Waals surface area (Å²) < 4.78 is 0. The highest BCUT2D eigenvalue weighted by Gasteiger charge is 2.12. The number of carbonyl (C=O) groups is 1. The number of anilines is 1. The Morgan fingerprint density at radius 2 is 2.00 bits per heavy atom. The number of amides is 1. The molecule has 14 heavy (non-hydrogen) atoms. The van der Waals surface area contributed by atoms with E-state index in [9.17, 15) is 4.79 Å². The Kier molecular flexibility index (Phi) is 4.22. The van der Waals surface area contributed by atoms with Gasteiger partial charge in [-0.05, 0) is 24.3 Å². The summed E-state index contributed by atoms with van der Waals surface area (Å²) in [7, 11) is 0. The molecule has 0 aliphatic rings. The quantitative estimate of drug-likeness (QED) is 0.863. The third kappa shape index (κ3) is 2.89. The van der Waals surface area contributed by atoms with Gasteiger partial charge in [0.15, 0.2) is 0 Å². The number of halogens is 2. The maximum Gasteiger partial charge on any atom is 0.411 e. The molecule has 1 amide bonds. The highest BCUT2D eigenvalue weighted by Crippen LogP contribution is 2.18. The van der Waals surface area contributed by atoms with Crippen molar-refractivity contribution in [2.24, 2.45) is 0 Å². The number of carboxylic acid groups (broad SMARTS) is 1. The van der Waals surface area contributed by atoms with Crippen LogP contribution in [0.3, 0.4) is 0 Å². The van der Waals surface area contributed by atoms with Crippen LogP contribution in [0.5, 0.6) is 0 Å². The molecule has 0 unspecified atom stereocenters. The Bertz CT molecular complexity index is 315. The molecule has 1 aromatic rings. The minimum atomic E-state index is -0.966. The molecular formula is C9H9BrClNO2. The third-order valence-electron chi connectivity index (χ3n) is 1.68. The van der Waals surface area contributed by atoms with Gasteiger partial charge in [-0.25, -0.2) is 4.79 Å². The Balaban J connectivity index is 2.87. The second-order valence-electron chi connectivity index (χ2n) is 2.60. The van der Waals surface area contributed by atoms with Crippen LogP contribution in [0.15, 0.2) is 24.3 Å². The molecule has 1 aromatic carbocycles. The van der Waals surface area contributed by atoms with Gasteiger partial charge in [0, 0.05) is 22.6 Å². The molecule has 0 aromatic heterocycles. The fourth-order valence-electron chi connectivity index (χ4n) is 1.04. The van der Waals surface area contributed by atoms with Crippen molar-refractivity contribution in [3.05, 3.63) is 29.3 Å². The lowest BCUT2D eigenvalue weighted by Gasteiger charge is -2.17. The molecule has 0 saturated carbocycles. The van der Waals surface area contributed by atoms with E-state index < -0.39 is 6.09 Å². The number of alkyl halides is 1. The van der Waals surface area contributed by atoms with Crippen molar-refractivity contribution in [2.75, 3.05) is 16.8 Å². The third-order valence-corrected chi connectivity index (χ3v) is 2.28. The Morgan fingerprint density at radius 1 is 1.43 bits per heavy atom. The van der Waals surface area contributed by atoms with Crippen molar-refractivity contribution >= 4 is 39.3 Å². The molecule has 0 aliphatic heterocycles. The molecule has 3 nitrogen and oxygen atoms in total. The number of benzene rings is 1. The van der Waals surface area contributed by atoms with Crippen LogP contribution < -0.4 is 4.90 Å². The van der Waals surface area contributed by atoms with Crippen LogP contribution in [0.4, 0.5) is 10.5 Å². The summed E-state index contributed by atoms with van der Waals surface area (Å²) in [6.45, 7) is 0.414. The fourth-order valence-corrected chi connectivity index (χ4v) is 1.52. The van der Waals surface area contributed by atoms with E-state index in [1.807, 2.05) is 0 Å². The minimum Gasteiger partial charge on any atom is -0.465 e. The number of hydrogen-bond donors (Lipinski definition) is 1. The average Bonchev–Trinajstić information content (AvgIpc) is 2.15. The van der Waals surface area contributed by atoms with Gasteiger partial charge in [0.25, 0.3) is 0 Å². The van der Waals surface area contributed by atoms with E-state index in [0.717, 1.165) is 0 Å². The monoisotopic (exact) mass is 277 g/mol. The van der Waals surface area contributed by atoms with Crippen LogP contribution in [0.25, 0.3) is 0 Å². The summed E-state index contributed by atoms with van der Waals surface area (Å²) in [5, 5.41) is 10.1. The first-order valence-corrected chi connectivity index (χ1v) is 5.47. The average molecular weight is 279 g/mol. The second-order valence-corrected chi connectivity index (χ2v) is 3.83. The van der Waals surface area contributed by atoms with Gasteiger partial charge in [0.05, 0.1) is 0 Å². The maximum atomic E-state index is 10.8. The summed E-state index contributed by atoms with van der Waals surface area (Å²) in [4.78, 5) is 12.1. The van der Waals surface area contributed by atoms with Gasteiger partial charge < -0.3 is 5.11 Å². The zero-order chi connectivity index (χ0) is 10.6. The van der Waals surface area contributed by atoms with Crippen LogP contribution >= 0.6 is 27.5 Å². The predicted molar refractivity (Wildman–Crippen MR) is 60.6 cm³/mol. The molecule has 0 spiro atoms. The Labute approximate surface area is 95.4 Å². The van der Waals surface area contributed by atoms with Gasteiger partial charge >= 0.3 is 6.09 Å². The molecule has 1 N–H and O–H groups in total. The fraction of sp³-hybridized carbons (Fsp3) is 0.222. The molecule has 0 atom stereocenters. The molecule has 0 fully saturated rings. The topological polar surface area (TPSA) is 40.5 Å². The first kappa shape index (κ1) is 11.3. The SMILES string of the molecule is O=C(O)N(CCBr)c1ccc(Cl)cc1. The van der Waals surface area contributed by atoms with E-state index in [4.69, 9.17) is 16.7 Å². The van der Waals surface area contributed by atoms with E-state index >= 15 is 0 Å². The molecular weight excluding hydrogens is 269 g/mol. The smallest absolute Gasteiger partial charge is 0.411 e. The normalized spacial score (nSPS) is 9.86. The van der Waals surface area contributed by atoms with E-state index in [2.05, 4.69) is 15.9 Å². The second kappa shape index (κ2) is 5.22. The first-order chi connectivity index (χ1) is 6.65. The lowest BCUT2D eigenvalue weighted by Crippen LogP contribution is -2.30. The lowest BCUT2D eigenvalue weighted by molar-refractivity contribution is 0.202. The summed E-state index contributed by atoms with van der Waals surface area (Å²) in [5.74, 6) is 0. The first-order valence-electron chi connectivity index (χ1n) is 3.97. The minimum absolute atomic E-state index is 0.414. The van der Waals surface area contributed by atoms with E-state index in [1.54, 1.807) is 24.3 Å². The predicted octanol–water partition coefficient (Wildman–Crippen LogP) is 3.22. The Hall–Kier alpha value is -0.740. The van der Waals surface area contributed by atoms with Crippen LogP contribution in [0.1, 0.15) is 0 Å². The molecule has 76 valence electrons. The van der Waals surface area contributed by atoms with Gasteiger partial charge in [-0.15, -0.1) is 0 Å². The highest BCUT2D eigenvalue weighted by molar-refractivity contribution is 9.09. The molecule has 0 saturated heterocycles. The van der Waals surface area contributed by atoms with Crippen LogP contribution in [-0.2, 0) is 0 Å².